The van der Waals surface area contributed by atoms with Crippen molar-refractivity contribution < 1.29 is 13.9 Å². The minimum absolute atomic E-state index is 0.0157. The highest BCUT2D eigenvalue weighted by atomic mass is 16.5. The van der Waals surface area contributed by atoms with Gasteiger partial charge in [0.05, 0.1) is 0 Å². The lowest BCUT2D eigenvalue weighted by Gasteiger charge is -2.34. The number of carbonyl (C=O) groups excluding carboxylic acids is 1. The second-order valence-electron chi connectivity index (χ2n) is 8.55. The molecule has 0 radical (unpaired) electrons. The van der Waals surface area contributed by atoms with Crippen LogP contribution in [-0.2, 0) is 6.61 Å². The van der Waals surface area contributed by atoms with Gasteiger partial charge in [0, 0.05) is 17.2 Å². The summed E-state index contributed by atoms with van der Waals surface area (Å²) < 4.78 is 11.6. The number of hydrogen-bond donors (Lipinski definition) is 1. The first-order valence-electron chi connectivity index (χ1n) is 11.1. The number of ether oxygens (including phenoxy) is 1. The first-order valence-corrected chi connectivity index (χ1v) is 11.1. The molecule has 31 heavy (non-hydrogen) atoms. The van der Waals surface area contributed by atoms with Gasteiger partial charge < -0.3 is 14.5 Å². The van der Waals surface area contributed by atoms with Gasteiger partial charge in [-0.05, 0) is 61.6 Å². The predicted molar refractivity (Wildman–Crippen MR) is 121 cm³/mol. The van der Waals surface area contributed by atoms with Crippen molar-refractivity contribution in [1.29, 1.82) is 0 Å². The van der Waals surface area contributed by atoms with Crippen LogP contribution >= 0.6 is 0 Å². The maximum Gasteiger partial charge on any atom is 0.251 e. The van der Waals surface area contributed by atoms with E-state index in [0.717, 1.165) is 29.2 Å². The minimum atomic E-state index is -0.0157. The summed E-state index contributed by atoms with van der Waals surface area (Å²) in [5, 5.41) is 3.23. The first-order chi connectivity index (χ1) is 15.0. The average molecular weight is 419 g/mol. The van der Waals surface area contributed by atoms with Gasteiger partial charge in [-0.1, -0.05) is 44.9 Å². The van der Waals surface area contributed by atoms with Crippen LogP contribution in [0.15, 0.2) is 59.0 Å². The van der Waals surface area contributed by atoms with Gasteiger partial charge in [0.2, 0.25) is 5.89 Å². The van der Waals surface area contributed by atoms with Crippen LogP contribution in [0.3, 0.4) is 0 Å². The standard InChI is InChI=1S/C26H30N2O3/c1-17-8-7-11-23(18(17)2)27-25(29)20-12-14-21(15-13-20)26-28-24(19(3)31-26)16-30-22-9-5-4-6-10-22/h4-6,9-10,12-15,17-18,23H,7-8,11,16H2,1-3H3,(H,27,29)/t17-,18-,23+/m0/s1. The summed E-state index contributed by atoms with van der Waals surface area (Å²) in [5.74, 6) is 3.19. The fraction of sp³-hybridized carbons (Fsp3) is 0.385. The quantitative estimate of drug-likeness (QED) is 0.551. The van der Waals surface area contributed by atoms with Gasteiger partial charge in [-0.2, -0.15) is 0 Å². The summed E-state index contributed by atoms with van der Waals surface area (Å²) in [6, 6.07) is 17.3. The monoisotopic (exact) mass is 418 g/mol. The number of amides is 1. The van der Waals surface area contributed by atoms with E-state index in [4.69, 9.17) is 9.15 Å². The second-order valence-corrected chi connectivity index (χ2v) is 8.55. The Labute approximate surface area is 183 Å². The van der Waals surface area contributed by atoms with Crippen LogP contribution in [0.5, 0.6) is 5.75 Å². The first kappa shape index (κ1) is 21.2. The molecule has 0 saturated heterocycles. The molecular weight excluding hydrogens is 388 g/mol. The smallest absolute Gasteiger partial charge is 0.251 e. The van der Waals surface area contributed by atoms with Crippen LogP contribution in [0.4, 0.5) is 0 Å². The Morgan fingerprint density at radius 2 is 1.84 bits per heavy atom. The molecule has 4 rings (SSSR count). The normalized spacial score (nSPS) is 20.9. The third-order valence-corrected chi connectivity index (χ3v) is 6.43. The molecular formula is C26H30N2O3. The van der Waals surface area contributed by atoms with Crippen LogP contribution < -0.4 is 10.1 Å². The number of carbonyl (C=O) groups is 1. The number of nitrogens with one attached hydrogen (secondary N) is 1. The molecule has 0 unspecified atom stereocenters. The van der Waals surface area contributed by atoms with Gasteiger partial charge in [0.15, 0.2) is 0 Å². The van der Waals surface area contributed by atoms with Crippen LogP contribution in [-0.4, -0.2) is 16.9 Å². The lowest BCUT2D eigenvalue weighted by atomic mass is 9.78. The fourth-order valence-corrected chi connectivity index (χ4v) is 4.16. The molecule has 1 aliphatic carbocycles. The Morgan fingerprint density at radius 1 is 1.10 bits per heavy atom. The van der Waals surface area contributed by atoms with E-state index in [1.54, 1.807) is 0 Å². The highest BCUT2D eigenvalue weighted by molar-refractivity contribution is 5.94. The molecule has 0 spiro atoms. The van der Waals surface area contributed by atoms with Crippen LogP contribution in [0.25, 0.3) is 11.5 Å². The molecule has 3 atom stereocenters. The topological polar surface area (TPSA) is 64.4 Å². The zero-order valence-corrected chi connectivity index (χ0v) is 18.4. The fourth-order valence-electron chi connectivity index (χ4n) is 4.16. The number of benzene rings is 2. The molecule has 0 bridgehead atoms. The van der Waals surface area contributed by atoms with Gasteiger partial charge in [-0.15, -0.1) is 0 Å². The number of oxazole rings is 1. The van der Waals surface area contributed by atoms with Crippen LogP contribution in [0.2, 0.25) is 0 Å². The lowest BCUT2D eigenvalue weighted by Crippen LogP contribution is -2.43. The van der Waals surface area contributed by atoms with Gasteiger partial charge in [0.25, 0.3) is 5.91 Å². The molecule has 1 fully saturated rings. The average Bonchev–Trinajstić information content (AvgIpc) is 3.17. The Hall–Kier alpha value is -3.08. The molecule has 0 aliphatic heterocycles. The van der Waals surface area contributed by atoms with Crippen molar-refractivity contribution >= 4 is 5.91 Å². The van der Waals surface area contributed by atoms with Crippen molar-refractivity contribution in [3.8, 4) is 17.2 Å². The Kier molecular flexibility index (Phi) is 6.40. The van der Waals surface area contributed by atoms with E-state index in [2.05, 4.69) is 24.1 Å². The molecule has 1 amide bonds. The van der Waals surface area contributed by atoms with Gasteiger partial charge >= 0.3 is 0 Å². The van der Waals surface area contributed by atoms with E-state index in [-0.39, 0.29) is 11.9 Å². The Bertz CT molecular complexity index is 1010. The van der Waals surface area contributed by atoms with Crippen molar-refractivity contribution in [1.82, 2.24) is 10.3 Å². The van der Waals surface area contributed by atoms with E-state index in [1.165, 1.54) is 12.8 Å². The van der Waals surface area contributed by atoms with Crippen molar-refractivity contribution in [3.05, 3.63) is 71.6 Å². The number of rotatable bonds is 6. The SMILES string of the molecule is Cc1oc(-c2ccc(C(=O)N[C@@H]3CCC[C@H](C)[C@@H]3C)cc2)nc1COc1ccccc1. The highest BCUT2D eigenvalue weighted by Crippen LogP contribution is 2.30. The second kappa shape index (κ2) is 9.38. The Balaban J connectivity index is 1.40. The summed E-state index contributed by atoms with van der Waals surface area (Å²) in [4.78, 5) is 17.3. The number of aromatic nitrogens is 1. The van der Waals surface area contributed by atoms with E-state index in [9.17, 15) is 4.79 Å². The molecule has 1 aliphatic rings. The van der Waals surface area contributed by atoms with Gasteiger partial charge in [-0.25, -0.2) is 4.98 Å². The number of hydrogen-bond acceptors (Lipinski definition) is 4. The van der Waals surface area contributed by atoms with Crippen LogP contribution in [0.1, 0.15) is 54.9 Å². The Morgan fingerprint density at radius 3 is 2.58 bits per heavy atom. The summed E-state index contributed by atoms with van der Waals surface area (Å²) in [5.41, 5.74) is 2.26. The summed E-state index contributed by atoms with van der Waals surface area (Å²) in [7, 11) is 0. The summed E-state index contributed by atoms with van der Waals surface area (Å²) in [6.07, 6.45) is 3.48. The zero-order chi connectivity index (χ0) is 21.8. The molecule has 162 valence electrons. The van der Waals surface area contributed by atoms with Crippen LogP contribution in [0, 0.1) is 18.8 Å². The molecule has 5 heteroatoms. The minimum Gasteiger partial charge on any atom is -0.487 e. The van der Waals surface area contributed by atoms with Gasteiger partial charge in [0.1, 0.15) is 23.8 Å². The molecule has 1 aromatic heterocycles. The lowest BCUT2D eigenvalue weighted by molar-refractivity contribution is 0.0891. The van der Waals surface area contributed by atoms with Gasteiger partial charge in [-0.3, -0.25) is 4.79 Å². The molecule has 5 nitrogen and oxygen atoms in total. The molecule has 3 aromatic rings. The molecule has 1 saturated carbocycles. The number of para-hydroxylation sites is 1. The van der Waals surface area contributed by atoms with Crippen molar-refractivity contribution in [2.75, 3.05) is 0 Å². The van der Waals surface area contributed by atoms with Crippen molar-refractivity contribution in [2.45, 2.75) is 52.7 Å². The van der Waals surface area contributed by atoms with Crippen molar-refractivity contribution in [2.24, 2.45) is 11.8 Å². The molecule has 1 heterocycles. The third kappa shape index (κ3) is 4.98. The van der Waals surface area contributed by atoms with E-state index < -0.39 is 0 Å². The summed E-state index contributed by atoms with van der Waals surface area (Å²) >= 11 is 0. The van der Waals surface area contributed by atoms with E-state index in [1.807, 2.05) is 61.5 Å². The number of aryl methyl sites for hydroxylation is 1. The van der Waals surface area contributed by atoms with E-state index >= 15 is 0 Å². The number of nitrogens with zero attached hydrogens (tertiary/aromatic N) is 1. The highest BCUT2D eigenvalue weighted by Gasteiger charge is 2.28. The zero-order valence-electron chi connectivity index (χ0n) is 18.4. The molecule has 2 aromatic carbocycles. The van der Waals surface area contributed by atoms with E-state index in [0.29, 0.717) is 29.9 Å². The largest absolute Gasteiger partial charge is 0.487 e. The maximum atomic E-state index is 12.7. The van der Waals surface area contributed by atoms with Crippen molar-refractivity contribution in [3.63, 3.8) is 0 Å². The third-order valence-electron chi connectivity index (χ3n) is 6.43. The predicted octanol–water partition coefficient (Wildman–Crippen LogP) is 5.78. The maximum absolute atomic E-state index is 12.7. The molecule has 1 N–H and O–H groups in total. The summed E-state index contributed by atoms with van der Waals surface area (Å²) in [6.45, 7) is 6.74.